The van der Waals surface area contributed by atoms with Crippen molar-refractivity contribution in [1.29, 1.82) is 0 Å². The highest BCUT2D eigenvalue weighted by atomic mass is 16.5. The first kappa shape index (κ1) is 14.9. The van der Waals surface area contributed by atoms with Crippen molar-refractivity contribution < 1.29 is 9.47 Å². The molecule has 3 rings (SSSR count). The summed E-state index contributed by atoms with van der Waals surface area (Å²) in [5.41, 5.74) is 7.35. The van der Waals surface area contributed by atoms with Crippen molar-refractivity contribution in [1.82, 2.24) is 0 Å². The molecule has 1 saturated carbocycles. The Bertz CT molecular complexity index is 451. The third kappa shape index (κ3) is 3.41. The van der Waals surface area contributed by atoms with Crippen LogP contribution in [0.2, 0.25) is 0 Å². The lowest BCUT2D eigenvalue weighted by Gasteiger charge is -2.38. The molecular formula is C18H27NO2. The van der Waals surface area contributed by atoms with E-state index in [1.165, 1.54) is 31.2 Å². The van der Waals surface area contributed by atoms with Crippen molar-refractivity contribution in [2.75, 3.05) is 6.61 Å². The molecule has 2 fully saturated rings. The summed E-state index contributed by atoms with van der Waals surface area (Å²) in [4.78, 5) is 0. The van der Waals surface area contributed by atoms with Gasteiger partial charge in [0.15, 0.2) is 0 Å². The summed E-state index contributed by atoms with van der Waals surface area (Å²) < 4.78 is 12.3. The van der Waals surface area contributed by atoms with E-state index in [-0.39, 0.29) is 11.6 Å². The molecule has 2 aliphatic rings. The molecular weight excluding hydrogens is 262 g/mol. The molecule has 1 aromatic rings. The summed E-state index contributed by atoms with van der Waals surface area (Å²) in [5.74, 6) is 0.960. The number of ether oxygens (including phenoxy) is 2. The molecule has 21 heavy (non-hydrogen) atoms. The van der Waals surface area contributed by atoms with Crippen LogP contribution in [0, 0.1) is 0 Å². The van der Waals surface area contributed by atoms with Gasteiger partial charge in [-0.1, -0.05) is 31.9 Å². The molecule has 2 atom stereocenters. The van der Waals surface area contributed by atoms with Gasteiger partial charge in [0.25, 0.3) is 0 Å². The van der Waals surface area contributed by atoms with Gasteiger partial charge in [-0.3, -0.25) is 0 Å². The van der Waals surface area contributed by atoms with Gasteiger partial charge in [-0.05, 0) is 37.0 Å². The number of hydrogen-bond acceptors (Lipinski definition) is 3. The van der Waals surface area contributed by atoms with Gasteiger partial charge in [-0.15, -0.1) is 0 Å². The van der Waals surface area contributed by atoms with Gasteiger partial charge in [0.2, 0.25) is 0 Å². The van der Waals surface area contributed by atoms with Crippen LogP contribution >= 0.6 is 0 Å². The van der Waals surface area contributed by atoms with Crippen LogP contribution in [-0.2, 0) is 4.74 Å². The van der Waals surface area contributed by atoms with Gasteiger partial charge in [0, 0.05) is 18.9 Å². The minimum Gasteiger partial charge on any atom is -0.490 e. The average molecular weight is 289 g/mol. The number of hydrogen-bond donors (Lipinski definition) is 1. The highest BCUT2D eigenvalue weighted by Gasteiger charge is 2.40. The van der Waals surface area contributed by atoms with Crippen LogP contribution in [0.1, 0.15) is 63.5 Å². The SMILES string of the molecule is CC[C@@H](N)c1ccc(OC2CCOC3(CCCC3)C2)cc1. The molecule has 1 aliphatic heterocycles. The maximum atomic E-state index is 6.19. The minimum absolute atomic E-state index is 0.118. The van der Waals surface area contributed by atoms with Crippen molar-refractivity contribution in [2.45, 2.75) is 69.6 Å². The van der Waals surface area contributed by atoms with E-state index in [0.717, 1.165) is 31.6 Å². The quantitative estimate of drug-likeness (QED) is 0.912. The Morgan fingerprint density at radius 2 is 2.00 bits per heavy atom. The molecule has 0 radical (unpaired) electrons. The van der Waals surface area contributed by atoms with Crippen molar-refractivity contribution in [3.05, 3.63) is 29.8 Å². The van der Waals surface area contributed by atoms with Gasteiger partial charge < -0.3 is 15.2 Å². The van der Waals surface area contributed by atoms with Crippen LogP contribution in [0.5, 0.6) is 5.75 Å². The first-order valence-corrected chi connectivity index (χ1v) is 8.37. The van der Waals surface area contributed by atoms with Crippen LogP contribution in [0.25, 0.3) is 0 Å². The molecule has 3 heteroatoms. The van der Waals surface area contributed by atoms with E-state index in [1.54, 1.807) is 0 Å². The Kier molecular flexibility index (Phi) is 4.51. The topological polar surface area (TPSA) is 44.5 Å². The summed E-state index contributed by atoms with van der Waals surface area (Å²) in [6.07, 6.45) is 8.31. The normalized spacial score (nSPS) is 25.9. The highest BCUT2D eigenvalue weighted by Crippen LogP contribution is 2.40. The maximum Gasteiger partial charge on any atom is 0.119 e. The second-order valence-corrected chi connectivity index (χ2v) is 6.56. The monoisotopic (exact) mass is 289 g/mol. The minimum atomic E-state index is 0.118. The number of benzene rings is 1. The van der Waals surface area contributed by atoms with Crippen molar-refractivity contribution in [2.24, 2.45) is 5.73 Å². The fourth-order valence-corrected chi connectivity index (χ4v) is 3.67. The Balaban J connectivity index is 1.60. The van der Waals surface area contributed by atoms with E-state index in [1.807, 2.05) is 0 Å². The zero-order chi connectivity index (χ0) is 14.7. The van der Waals surface area contributed by atoms with Gasteiger partial charge in [-0.2, -0.15) is 0 Å². The summed E-state index contributed by atoms with van der Waals surface area (Å²) >= 11 is 0. The van der Waals surface area contributed by atoms with Crippen molar-refractivity contribution in [3.63, 3.8) is 0 Å². The molecule has 0 aromatic heterocycles. The predicted octanol–water partition coefficient (Wildman–Crippen LogP) is 3.97. The highest BCUT2D eigenvalue weighted by molar-refractivity contribution is 5.29. The molecule has 2 N–H and O–H groups in total. The van der Waals surface area contributed by atoms with Crippen LogP contribution in [0.3, 0.4) is 0 Å². The largest absolute Gasteiger partial charge is 0.490 e. The first-order valence-electron chi connectivity index (χ1n) is 8.37. The molecule has 1 aliphatic carbocycles. The standard InChI is InChI=1S/C18H27NO2/c1-2-17(19)14-5-7-15(8-6-14)21-16-9-12-20-18(13-16)10-3-4-11-18/h5-8,16-17H,2-4,9-13,19H2,1H3/t16?,17-/m1/s1. The zero-order valence-corrected chi connectivity index (χ0v) is 13.0. The molecule has 1 heterocycles. The second-order valence-electron chi connectivity index (χ2n) is 6.56. The number of rotatable bonds is 4. The van der Waals surface area contributed by atoms with Crippen LogP contribution in [-0.4, -0.2) is 18.3 Å². The third-order valence-electron chi connectivity index (χ3n) is 5.01. The lowest BCUT2D eigenvalue weighted by atomic mass is 9.90. The summed E-state index contributed by atoms with van der Waals surface area (Å²) in [5, 5.41) is 0. The molecule has 1 unspecified atom stereocenters. The summed E-state index contributed by atoms with van der Waals surface area (Å²) in [6, 6.07) is 8.43. The molecule has 1 aromatic carbocycles. The van der Waals surface area contributed by atoms with Crippen molar-refractivity contribution >= 4 is 0 Å². The van der Waals surface area contributed by atoms with E-state index in [4.69, 9.17) is 15.2 Å². The molecule has 1 saturated heterocycles. The third-order valence-corrected chi connectivity index (χ3v) is 5.01. The Hall–Kier alpha value is -1.06. The lowest BCUT2D eigenvalue weighted by Crippen LogP contribution is -2.41. The van der Waals surface area contributed by atoms with Gasteiger partial charge in [0.1, 0.15) is 11.9 Å². The van der Waals surface area contributed by atoms with Gasteiger partial charge in [0.05, 0.1) is 12.2 Å². The van der Waals surface area contributed by atoms with E-state index in [9.17, 15) is 0 Å². The molecule has 116 valence electrons. The van der Waals surface area contributed by atoms with Crippen molar-refractivity contribution in [3.8, 4) is 5.75 Å². The Morgan fingerprint density at radius 1 is 1.29 bits per heavy atom. The smallest absolute Gasteiger partial charge is 0.119 e. The van der Waals surface area contributed by atoms with Gasteiger partial charge in [-0.25, -0.2) is 0 Å². The maximum absolute atomic E-state index is 6.19. The molecule has 1 spiro atoms. The molecule has 0 amide bonds. The van der Waals surface area contributed by atoms with Crippen LogP contribution < -0.4 is 10.5 Å². The van der Waals surface area contributed by atoms with Crippen LogP contribution in [0.4, 0.5) is 0 Å². The Morgan fingerprint density at radius 3 is 2.67 bits per heavy atom. The van der Waals surface area contributed by atoms with E-state index >= 15 is 0 Å². The molecule has 3 nitrogen and oxygen atoms in total. The fourth-order valence-electron chi connectivity index (χ4n) is 3.67. The summed E-state index contributed by atoms with van der Waals surface area (Å²) in [7, 11) is 0. The number of nitrogens with two attached hydrogens (primary N) is 1. The van der Waals surface area contributed by atoms with E-state index < -0.39 is 0 Å². The zero-order valence-electron chi connectivity index (χ0n) is 13.0. The first-order chi connectivity index (χ1) is 10.2. The summed E-state index contributed by atoms with van der Waals surface area (Å²) in [6.45, 7) is 2.95. The predicted molar refractivity (Wildman–Crippen MR) is 84.5 cm³/mol. The molecule has 0 bridgehead atoms. The lowest BCUT2D eigenvalue weighted by molar-refractivity contribution is -0.108. The average Bonchev–Trinajstić information content (AvgIpc) is 2.95. The van der Waals surface area contributed by atoms with Crippen LogP contribution in [0.15, 0.2) is 24.3 Å². The van der Waals surface area contributed by atoms with Gasteiger partial charge >= 0.3 is 0 Å². The fraction of sp³-hybridized carbons (Fsp3) is 0.667. The van der Waals surface area contributed by atoms with E-state index in [0.29, 0.717) is 6.10 Å². The second kappa shape index (κ2) is 6.37. The Labute approximate surface area is 127 Å². The van der Waals surface area contributed by atoms with E-state index in [2.05, 4.69) is 31.2 Å².